The highest BCUT2D eigenvalue weighted by molar-refractivity contribution is 7.91. The lowest BCUT2D eigenvalue weighted by atomic mass is 10.2. The van der Waals surface area contributed by atoms with Gasteiger partial charge in [-0.1, -0.05) is 24.1 Å². The van der Waals surface area contributed by atoms with Crippen molar-refractivity contribution in [3.05, 3.63) is 53.2 Å². The van der Waals surface area contributed by atoms with Gasteiger partial charge in [-0.15, -0.1) is 17.8 Å². The fraction of sp³-hybridized carbons (Fsp3) is 0.143. The number of terminal acetylenes is 1. The molecule has 0 unspecified atom stereocenters. The summed E-state index contributed by atoms with van der Waals surface area (Å²) < 4.78 is 39.2. The van der Waals surface area contributed by atoms with Gasteiger partial charge in [0, 0.05) is 6.54 Å². The molecule has 0 radical (unpaired) electrons. The van der Waals surface area contributed by atoms with Crippen LogP contribution in [0.25, 0.3) is 0 Å². The Kier molecular flexibility index (Phi) is 4.55. The maximum Gasteiger partial charge on any atom is 0.253 e. The molecular weight excluding hydrogens is 297 g/mol. The smallest absolute Gasteiger partial charge is 0.207 e. The van der Waals surface area contributed by atoms with Crippen LogP contribution in [0.4, 0.5) is 4.39 Å². The maximum atomic E-state index is 12.9. The minimum atomic E-state index is -3.61. The Bertz CT molecular complexity index is 701. The summed E-state index contributed by atoms with van der Waals surface area (Å²) in [6.45, 7) is 0.0856. The molecular formula is C14H12FNO2S2. The predicted octanol–water partition coefficient (Wildman–Crippen LogP) is 2.71. The third-order valence-corrected chi connectivity index (χ3v) is 5.79. The summed E-state index contributed by atoms with van der Waals surface area (Å²) in [5, 5.41) is 1.69. The van der Waals surface area contributed by atoms with Crippen molar-refractivity contribution in [2.45, 2.75) is 10.8 Å². The van der Waals surface area contributed by atoms with Crippen LogP contribution in [0.15, 0.2) is 46.0 Å². The summed E-state index contributed by atoms with van der Waals surface area (Å²) in [5.41, 5.74) is 0.682. The normalized spacial score (nSPS) is 11.4. The van der Waals surface area contributed by atoms with Gasteiger partial charge in [-0.05, 0) is 29.1 Å². The van der Waals surface area contributed by atoms with Gasteiger partial charge >= 0.3 is 0 Å². The van der Waals surface area contributed by atoms with E-state index in [1.54, 1.807) is 23.6 Å². The van der Waals surface area contributed by atoms with Crippen LogP contribution in [0.2, 0.25) is 0 Å². The van der Waals surface area contributed by atoms with Crippen molar-refractivity contribution < 1.29 is 12.8 Å². The largest absolute Gasteiger partial charge is 0.253 e. The lowest BCUT2D eigenvalue weighted by Crippen LogP contribution is -2.30. The molecule has 0 amide bonds. The average molecular weight is 309 g/mol. The number of nitrogens with zero attached hydrogens (tertiary/aromatic N) is 1. The van der Waals surface area contributed by atoms with Crippen molar-refractivity contribution in [2.24, 2.45) is 0 Å². The molecule has 0 saturated heterocycles. The molecule has 1 aromatic heterocycles. The second kappa shape index (κ2) is 6.18. The van der Waals surface area contributed by atoms with Crippen molar-refractivity contribution >= 4 is 21.4 Å². The van der Waals surface area contributed by atoms with Crippen LogP contribution in [0.5, 0.6) is 0 Å². The van der Waals surface area contributed by atoms with Crippen molar-refractivity contribution in [2.75, 3.05) is 6.54 Å². The molecule has 0 fully saturated rings. The summed E-state index contributed by atoms with van der Waals surface area (Å²) in [5.74, 6) is 1.98. The second-order valence-corrected chi connectivity index (χ2v) is 7.15. The third-order valence-electron chi connectivity index (χ3n) is 2.63. The molecule has 104 valence electrons. The predicted molar refractivity (Wildman–Crippen MR) is 77.1 cm³/mol. The van der Waals surface area contributed by atoms with Gasteiger partial charge in [-0.25, -0.2) is 12.8 Å². The SMILES string of the molecule is C#CCN(Cc1ccc(F)cc1)S(=O)(=O)c1cccs1. The molecule has 2 aromatic rings. The van der Waals surface area contributed by atoms with Gasteiger partial charge in [0.1, 0.15) is 10.0 Å². The van der Waals surface area contributed by atoms with Gasteiger partial charge in [-0.2, -0.15) is 4.31 Å². The van der Waals surface area contributed by atoms with E-state index in [0.717, 1.165) is 11.3 Å². The number of hydrogen-bond acceptors (Lipinski definition) is 3. The standard InChI is InChI=1S/C14H12FNO2S2/c1-2-9-16(11-12-5-7-13(15)8-6-12)20(17,18)14-4-3-10-19-14/h1,3-8,10H,9,11H2. The summed E-state index contributed by atoms with van der Waals surface area (Å²) in [7, 11) is -3.61. The molecule has 1 aromatic carbocycles. The first-order valence-electron chi connectivity index (χ1n) is 5.75. The van der Waals surface area contributed by atoms with E-state index < -0.39 is 10.0 Å². The van der Waals surface area contributed by atoms with E-state index >= 15 is 0 Å². The zero-order valence-electron chi connectivity index (χ0n) is 10.5. The van der Waals surface area contributed by atoms with E-state index in [2.05, 4.69) is 5.92 Å². The highest BCUT2D eigenvalue weighted by Gasteiger charge is 2.24. The zero-order chi connectivity index (χ0) is 14.6. The molecule has 20 heavy (non-hydrogen) atoms. The molecule has 6 heteroatoms. The highest BCUT2D eigenvalue weighted by Crippen LogP contribution is 2.22. The monoisotopic (exact) mass is 309 g/mol. The summed E-state index contributed by atoms with van der Waals surface area (Å²) >= 11 is 1.14. The number of rotatable bonds is 5. The molecule has 0 saturated carbocycles. The van der Waals surface area contributed by atoms with Crippen LogP contribution in [-0.2, 0) is 16.6 Å². The molecule has 0 aliphatic carbocycles. The number of benzene rings is 1. The van der Waals surface area contributed by atoms with Crippen LogP contribution in [0, 0.1) is 18.2 Å². The minimum Gasteiger partial charge on any atom is -0.207 e. The number of thiophene rings is 1. The number of sulfonamides is 1. The topological polar surface area (TPSA) is 37.4 Å². The summed E-state index contributed by atoms with van der Waals surface area (Å²) in [4.78, 5) is 0. The van der Waals surface area contributed by atoms with Crippen LogP contribution in [0.3, 0.4) is 0 Å². The maximum absolute atomic E-state index is 12.9. The molecule has 0 bridgehead atoms. The van der Waals surface area contributed by atoms with E-state index in [-0.39, 0.29) is 23.1 Å². The lowest BCUT2D eigenvalue weighted by molar-refractivity contribution is 0.444. The first kappa shape index (κ1) is 14.7. The van der Waals surface area contributed by atoms with E-state index in [0.29, 0.717) is 5.56 Å². The van der Waals surface area contributed by atoms with Crippen molar-refractivity contribution in [3.63, 3.8) is 0 Å². The van der Waals surface area contributed by atoms with Crippen LogP contribution < -0.4 is 0 Å². The van der Waals surface area contributed by atoms with E-state index in [1.807, 2.05) is 0 Å². The van der Waals surface area contributed by atoms with E-state index in [4.69, 9.17) is 6.42 Å². The van der Waals surface area contributed by atoms with Gasteiger partial charge in [0.25, 0.3) is 10.0 Å². The van der Waals surface area contributed by atoms with Crippen LogP contribution in [0.1, 0.15) is 5.56 Å². The van der Waals surface area contributed by atoms with Crippen molar-refractivity contribution in [1.29, 1.82) is 0 Å². The molecule has 0 aliphatic heterocycles. The molecule has 0 N–H and O–H groups in total. The van der Waals surface area contributed by atoms with Gasteiger partial charge in [-0.3, -0.25) is 0 Å². The van der Waals surface area contributed by atoms with Crippen molar-refractivity contribution in [1.82, 2.24) is 4.31 Å². The lowest BCUT2D eigenvalue weighted by Gasteiger charge is -2.19. The number of hydrogen-bond donors (Lipinski definition) is 0. The molecule has 0 spiro atoms. The Hall–Kier alpha value is -1.68. The second-order valence-electron chi connectivity index (χ2n) is 4.04. The van der Waals surface area contributed by atoms with Gasteiger partial charge in [0.2, 0.25) is 0 Å². The van der Waals surface area contributed by atoms with Crippen LogP contribution in [-0.4, -0.2) is 19.3 Å². The molecule has 0 aliphatic rings. The molecule has 0 atom stereocenters. The average Bonchev–Trinajstić information content (AvgIpc) is 2.95. The third kappa shape index (κ3) is 3.25. The van der Waals surface area contributed by atoms with Crippen molar-refractivity contribution in [3.8, 4) is 12.3 Å². The Labute approximate surface area is 121 Å². The zero-order valence-corrected chi connectivity index (χ0v) is 12.1. The first-order chi connectivity index (χ1) is 9.54. The highest BCUT2D eigenvalue weighted by atomic mass is 32.2. The Morgan fingerprint density at radius 2 is 1.95 bits per heavy atom. The molecule has 3 nitrogen and oxygen atoms in total. The fourth-order valence-electron chi connectivity index (χ4n) is 1.66. The quantitative estimate of drug-likeness (QED) is 0.796. The van der Waals surface area contributed by atoms with Crippen LogP contribution >= 0.6 is 11.3 Å². The number of halogens is 1. The fourth-order valence-corrected chi connectivity index (χ4v) is 4.14. The summed E-state index contributed by atoms with van der Waals surface area (Å²) in [6.07, 6.45) is 5.24. The molecule has 2 rings (SSSR count). The first-order valence-corrected chi connectivity index (χ1v) is 8.07. The Balaban J connectivity index is 2.28. The van der Waals surface area contributed by atoms with Gasteiger partial charge in [0.05, 0.1) is 6.54 Å². The minimum absolute atomic E-state index is 0.0301. The van der Waals surface area contributed by atoms with Gasteiger partial charge < -0.3 is 0 Å². The van der Waals surface area contributed by atoms with E-state index in [9.17, 15) is 12.8 Å². The van der Waals surface area contributed by atoms with E-state index in [1.165, 1.54) is 22.5 Å². The Morgan fingerprint density at radius 1 is 1.25 bits per heavy atom. The molecule has 1 heterocycles. The summed E-state index contributed by atoms with van der Waals surface area (Å²) in [6, 6.07) is 8.88. The Morgan fingerprint density at radius 3 is 2.50 bits per heavy atom. The van der Waals surface area contributed by atoms with Gasteiger partial charge in [0.15, 0.2) is 0 Å².